The van der Waals surface area contributed by atoms with E-state index in [2.05, 4.69) is 0 Å². The normalized spacial score (nSPS) is 17.3. The first kappa shape index (κ1) is 10.2. The van der Waals surface area contributed by atoms with Crippen molar-refractivity contribution < 1.29 is 14.4 Å². The number of rotatable bonds is 3. The van der Waals surface area contributed by atoms with E-state index in [0.717, 1.165) is 16.7 Å². The lowest BCUT2D eigenvalue weighted by atomic mass is 10.1. The van der Waals surface area contributed by atoms with Gasteiger partial charge in [0.1, 0.15) is 0 Å². The summed E-state index contributed by atoms with van der Waals surface area (Å²) in [6, 6.07) is 0. The number of carbonyl (C=O) groups is 3. The highest BCUT2D eigenvalue weighted by Gasteiger charge is 2.31. The molecule has 0 aromatic rings. The van der Waals surface area contributed by atoms with E-state index in [1.54, 1.807) is 13.8 Å². The summed E-state index contributed by atoms with van der Waals surface area (Å²) in [7, 11) is 0. The number of hydrogen-bond donors (Lipinski definition) is 0. The smallest absolute Gasteiger partial charge is 0.289 e. The molecule has 0 bridgehead atoms. The zero-order valence-corrected chi connectivity index (χ0v) is 8.39. The van der Waals surface area contributed by atoms with Gasteiger partial charge in [0.15, 0.2) is 5.78 Å². The van der Waals surface area contributed by atoms with Crippen LogP contribution in [0.1, 0.15) is 13.8 Å². The number of thioether (sulfide) groups is 1. The summed E-state index contributed by atoms with van der Waals surface area (Å²) in [5.41, 5.74) is 0. The number of ketones is 1. The Morgan fingerprint density at radius 1 is 1.54 bits per heavy atom. The lowest BCUT2D eigenvalue weighted by molar-refractivity contribution is -0.130. The van der Waals surface area contributed by atoms with Gasteiger partial charge in [-0.25, -0.2) is 0 Å². The zero-order chi connectivity index (χ0) is 10.0. The molecule has 0 aliphatic carbocycles. The Labute approximate surface area is 80.7 Å². The second-order valence-electron chi connectivity index (χ2n) is 3.16. The van der Waals surface area contributed by atoms with Crippen LogP contribution in [0.2, 0.25) is 0 Å². The number of amides is 2. The summed E-state index contributed by atoms with van der Waals surface area (Å²) in [5.74, 6) is -0.302. The van der Waals surface area contributed by atoms with E-state index in [4.69, 9.17) is 0 Å². The van der Waals surface area contributed by atoms with Gasteiger partial charge in [0.25, 0.3) is 5.24 Å². The third-order valence-electron chi connectivity index (χ3n) is 1.80. The average Bonchev–Trinajstić information content (AvgIpc) is 2.35. The third-order valence-corrected chi connectivity index (χ3v) is 2.66. The molecule has 0 atom stereocenters. The third kappa shape index (κ3) is 2.30. The predicted molar refractivity (Wildman–Crippen MR) is 49.4 cm³/mol. The predicted octanol–water partition coefficient (Wildman–Crippen LogP) is 0.907. The summed E-state index contributed by atoms with van der Waals surface area (Å²) >= 11 is 0.952. The summed E-state index contributed by atoms with van der Waals surface area (Å²) < 4.78 is 0. The SMILES string of the molecule is CC(C)C(=O)CN1C(=O)CSC1=O. The minimum atomic E-state index is -0.306. The van der Waals surface area contributed by atoms with Gasteiger partial charge in [0, 0.05) is 5.92 Å². The average molecular weight is 201 g/mol. The zero-order valence-electron chi connectivity index (χ0n) is 7.57. The lowest BCUT2D eigenvalue weighted by Crippen LogP contribution is -2.35. The Balaban J connectivity index is 2.58. The van der Waals surface area contributed by atoms with Crippen LogP contribution in [0.4, 0.5) is 4.79 Å². The molecule has 72 valence electrons. The molecule has 0 aromatic heterocycles. The van der Waals surface area contributed by atoms with Crippen LogP contribution in [0.15, 0.2) is 0 Å². The molecule has 5 heteroatoms. The molecular weight excluding hydrogens is 190 g/mol. The molecule has 4 nitrogen and oxygen atoms in total. The van der Waals surface area contributed by atoms with Crippen molar-refractivity contribution in [2.24, 2.45) is 5.92 Å². The van der Waals surface area contributed by atoms with Crippen molar-refractivity contribution in [3.05, 3.63) is 0 Å². The van der Waals surface area contributed by atoms with Crippen molar-refractivity contribution >= 4 is 28.7 Å². The van der Waals surface area contributed by atoms with Gasteiger partial charge in [-0.05, 0) is 0 Å². The Kier molecular flexibility index (Phi) is 3.08. The monoisotopic (exact) mass is 201 g/mol. The molecule has 0 unspecified atom stereocenters. The minimum absolute atomic E-state index is 0.0671. The maximum atomic E-state index is 11.2. The number of hydrogen-bond acceptors (Lipinski definition) is 4. The fourth-order valence-electron chi connectivity index (χ4n) is 0.872. The van der Waals surface area contributed by atoms with Crippen LogP contribution < -0.4 is 0 Å². The van der Waals surface area contributed by atoms with Crippen LogP contribution >= 0.6 is 11.8 Å². The van der Waals surface area contributed by atoms with Crippen LogP contribution in [0.3, 0.4) is 0 Å². The Morgan fingerprint density at radius 2 is 2.15 bits per heavy atom. The molecule has 13 heavy (non-hydrogen) atoms. The largest absolute Gasteiger partial charge is 0.297 e. The second-order valence-corrected chi connectivity index (χ2v) is 4.08. The van der Waals surface area contributed by atoms with Gasteiger partial charge in [-0.1, -0.05) is 25.6 Å². The summed E-state index contributed by atoms with van der Waals surface area (Å²) in [5, 5.41) is -0.306. The van der Waals surface area contributed by atoms with E-state index in [1.807, 2.05) is 0 Å². The fraction of sp³-hybridized carbons (Fsp3) is 0.625. The molecule has 1 saturated heterocycles. The van der Waals surface area contributed by atoms with Crippen LogP contribution in [-0.4, -0.2) is 34.1 Å². The molecule has 0 spiro atoms. The number of Topliss-reactive ketones (excluding diaryl/α,β-unsaturated/α-hetero) is 1. The molecule has 1 heterocycles. The van der Waals surface area contributed by atoms with Gasteiger partial charge in [-0.15, -0.1) is 0 Å². The number of nitrogens with zero attached hydrogens (tertiary/aromatic N) is 1. The highest BCUT2D eigenvalue weighted by molar-refractivity contribution is 8.14. The van der Waals surface area contributed by atoms with Crippen LogP contribution in [-0.2, 0) is 9.59 Å². The van der Waals surface area contributed by atoms with E-state index >= 15 is 0 Å². The molecule has 1 aliphatic heterocycles. The van der Waals surface area contributed by atoms with Gasteiger partial charge < -0.3 is 0 Å². The minimum Gasteiger partial charge on any atom is -0.297 e. The fourth-order valence-corrected chi connectivity index (χ4v) is 1.60. The first-order chi connectivity index (χ1) is 6.02. The Morgan fingerprint density at radius 3 is 2.54 bits per heavy atom. The molecule has 0 N–H and O–H groups in total. The van der Waals surface area contributed by atoms with Gasteiger partial charge in [0.05, 0.1) is 12.3 Å². The molecule has 0 aromatic carbocycles. The molecule has 1 aliphatic rings. The van der Waals surface area contributed by atoms with Gasteiger partial charge in [-0.2, -0.15) is 0 Å². The highest BCUT2D eigenvalue weighted by Crippen LogP contribution is 2.18. The second kappa shape index (κ2) is 3.91. The highest BCUT2D eigenvalue weighted by atomic mass is 32.2. The van der Waals surface area contributed by atoms with Crippen molar-refractivity contribution in [2.45, 2.75) is 13.8 Å². The maximum Gasteiger partial charge on any atom is 0.289 e. The van der Waals surface area contributed by atoms with E-state index < -0.39 is 0 Å². The molecule has 1 rings (SSSR count). The van der Waals surface area contributed by atoms with Crippen molar-refractivity contribution in [1.82, 2.24) is 4.90 Å². The summed E-state index contributed by atoms with van der Waals surface area (Å²) in [4.78, 5) is 34.4. The van der Waals surface area contributed by atoms with E-state index in [1.165, 1.54) is 0 Å². The lowest BCUT2D eigenvalue weighted by Gasteiger charge is -2.12. The summed E-state index contributed by atoms with van der Waals surface area (Å²) in [6.45, 7) is 3.43. The number of imide groups is 1. The van der Waals surface area contributed by atoms with Gasteiger partial charge in [-0.3, -0.25) is 19.3 Å². The Bertz CT molecular complexity index is 246. The first-order valence-corrected chi connectivity index (χ1v) is 5.00. The van der Waals surface area contributed by atoms with Gasteiger partial charge >= 0.3 is 0 Å². The topological polar surface area (TPSA) is 54.5 Å². The molecule has 1 fully saturated rings. The molecule has 2 amide bonds. The molecule has 0 radical (unpaired) electrons. The number of carbonyl (C=O) groups excluding carboxylic acids is 3. The van der Waals surface area contributed by atoms with Crippen LogP contribution in [0.25, 0.3) is 0 Å². The maximum absolute atomic E-state index is 11.2. The Hall–Kier alpha value is -0.840. The standard InChI is InChI=1S/C8H11NO3S/c1-5(2)6(10)3-9-7(11)4-13-8(9)12/h5H,3-4H2,1-2H3. The van der Waals surface area contributed by atoms with Crippen molar-refractivity contribution in [3.8, 4) is 0 Å². The van der Waals surface area contributed by atoms with Gasteiger partial charge in [0.2, 0.25) is 5.91 Å². The van der Waals surface area contributed by atoms with E-state index in [0.29, 0.717) is 0 Å². The summed E-state index contributed by atoms with van der Waals surface area (Å²) in [6.07, 6.45) is 0. The van der Waals surface area contributed by atoms with E-state index in [-0.39, 0.29) is 35.1 Å². The molecular formula is C8H11NO3S. The van der Waals surface area contributed by atoms with Crippen LogP contribution in [0, 0.1) is 5.92 Å². The van der Waals surface area contributed by atoms with Crippen molar-refractivity contribution in [3.63, 3.8) is 0 Å². The molecule has 0 saturated carbocycles. The van der Waals surface area contributed by atoms with Crippen LogP contribution in [0.5, 0.6) is 0 Å². The van der Waals surface area contributed by atoms with Crippen molar-refractivity contribution in [1.29, 1.82) is 0 Å². The quantitative estimate of drug-likeness (QED) is 0.681. The van der Waals surface area contributed by atoms with Crippen molar-refractivity contribution in [2.75, 3.05) is 12.3 Å². The van der Waals surface area contributed by atoms with E-state index in [9.17, 15) is 14.4 Å². The first-order valence-electron chi connectivity index (χ1n) is 4.02.